The summed E-state index contributed by atoms with van der Waals surface area (Å²) in [6.45, 7) is 3.58. The molecule has 32 heavy (non-hydrogen) atoms. The van der Waals surface area contributed by atoms with E-state index in [2.05, 4.69) is 29.7 Å². The Kier molecular flexibility index (Phi) is 9.85. The second-order valence-corrected chi connectivity index (χ2v) is 8.40. The van der Waals surface area contributed by atoms with Gasteiger partial charge in [-0.15, -0.1) is 0 Å². The number of unbranched alkanes of at least 4 members (excludes halogenated alkanes) is 1. The number of carbonyl (C=O) groups excluding carboxylic acids is 1. The van der Waals surface area contributed by atoms with Gasteiger partial charge in [-0.1, -0.05) is 37.6 Å². The maximum atomic E-state index is 11.9. The summed E-state index contributed by atoms with van der Waals surface area (Å²) in [4.78, 5) is 11.9. The van der Waals surface area contributed by atoms with Crippen molar-refractivity contribution in [1.82, 2.24) is 10.6 Å². The Hall–Kier alpha value is -2.57. The van der Waals surface area contributed by atoms with Crippen LogP contribution >= 0.6 is 0 Å². The average molecular weight is 441 g/mol. The quantitative estimate of drug-likeness (QED) is 0.349. The Bertz CT molecular complexity index is 828. The SMILES string of the molecule is CCCCNC(=O)COc1ccc2c(c1)CC(NCC(O)COc1ccccc1)CCC2. The monoisotopic (exact) mass is 440 g/mol. The first kappa shape index (κ1) is 24.1. The smallest absolute Gasteiger partial charge is 0.257 e. The van der Waals surface area contributed by atoms with Crippen LogP contribution in [-0.2, 0) is 17.6 Å². The van der Waals surface area contributed by atoms with Crippen molar-refractivity contribution < 1.29 is 19.4 Å². The van der Waals surface area contributed by atoms with Crippen LogP contribution in [-0.4, -0.2) is 49.5 Å². The van der Waals surface area contributed by atoms with Crippen LogP contribution in [0.2, 0.25) is 0 Å². The largest absolute Gasteiger partial charge is 0.491 e. The summed E-state index contributed by atoms with van der Waals surface area (Å²) in [6.07, 6.45) is 5.52. The molecule has 3 rings (SSSR count). The predicted molar refractivity (Wildman–Crippen MR) is 126 cm³/mol. The minimum Gasteiger partial charge on any atom is -0.491 e. The molecule has 1 aliphatic carbocycles. The molecule has 2 atom stereocenters. The van der Waals surface area contributed by atoms with Gasteiger partial charge in [-0.25, -0.2) is 0 Å². The number of fused-ring (bicyclic) bond motifs is 1. The number of aryl methyl sites for hydroxylation is 1. The van der Waals surface area contributed by atoms with Crippen molar-refractivity contribution in [3.63, 3.8) is 0 Å². The molecular weight excluding hydrogens is 404 g/mol. The van der Waals surface area contributed by atoms with Gasteiger partial charge in [-0.2, -0.15) is 0 Å². The van der Waals surface area contributed by atoms with E-state index in [1.165, 1.54) is 11.1 Å². The number of ether oxygens (including phenoxy) is 2. The minimum absolute atomic E-state index is 0.0395. The Morgan fingerprint density at radius 1 is 1.12 bits per heavy atom. The highest BCUT2D eigenvalue weighted by molar-refractivity contribution is 5.77. The summed E-state index contributed by atoms with van der Waals surface area (Å²) < 4.78 is 11.4. The molecule has 174 valence electrons. The summed E-state index contributed by atoms with van der Waals surface area (Å²) in [5, 5.41) is 16.7. The lowest BCUT2D eigenvalue weighted by Crippen LogP contribution is -2.39. The Morgan fingerprint density at radius 2 is 1.97 bits per heavy atom. The lowest BCUT2D eigenvalue weighted by atomic mass is 10.0. The van der Waals surface area contributed by atoms with E-state index in [4.69, 9.17) is 9.47 Å². The summed E-state index contributed by atoms with van der Waals surface area (Å²) >= 11 is 0. The third-order valence-electron chi connectivity index (χ3n) is 5.69. The van der Waals surface area contributed by atoms with Gasteiger partial charge in [0.05, 0.1) is 0 Å². The third-order valence-corrected chi connectivity index (χ3v) is 5.69. The molecule has 0 saturated heterocycles. The fourth-order valence-corrected chi connectivity index (χ4v) is 3.88. The van der Waals surface area contributed by atoms with Crippen molar-refractivity contribution in [2.45, 2.75) is 57.6 Å². The summed E-state index contributed by atoms with van der Waals surface area (Å²) in [5.74, 6) is 1.41. The van der Waals surface area contributed by atoms with Crippen molar-refractivity contribution in [1.29, 1.82) is 0 Å². The maximum Gasteiger partial charge on any atom is 0.257 e. The van der Waals surface area contributed by atoms with Crippen LogP contribution in [0.15, 0.2) is 48.5 Å². The van der Waals surface area contributed by atoms with Crippen LogP contribution in [0.1, 0.15) is 43.7 Å². The fraction of sp³-hybridized carbons (Fsp3) is 0.500. The molecule has 6 heteroatoms. The molecule has 0 fully saturated rings. The summed E-state index contributed by atoms with van der Waals surface area (Å²) in [7, 11) is 0. The lowest BCUT2D eigenvalue weighted by molar-refractivity contribution is -0.123. The van der Waals surface area contributed by atoms with Crippen molar-refractivity contribution in [3.8, 4) is 11.5 Å². The first-order valence-electron chi connectivity index (χ1n) is 11.7. The number of para-hydroxylation sites is 1. The zero-order valence-electron chi connectivity index (χ0n) is 19.0. The van der Waals surface area contributed by atoms with E-state index in [0.717, 1.165) is 50.0 Å². The lowest BCUT2D eigenvalue weighted by Gasteiger charge is -2.20. The fourth-order valence-electron chi connectivity index (χ4n) is 3.88. The van der Waals surface area contributed by atoms with Crippen LogP contribution in [0, 0.1) is 0 Å². The minimum atomic E-state index is -0.571. The van der Waals surface area contributed by atoms with Crippen LogP contribution in [0.25, 0.3) is 0 Å². The van der Waals surface area contributed by atoms with Crippen LogP contribution < -0.4 is 20.1 Å². The molecule has 0 heterocycles. The van der Waals surface area contributed by atoms with Crippen molar-refractivity contribution in [2.75, 3.05) is 26.3 Å². The molecular formula is C26H36N2O4. The van der Waals surface area contributed by atoms with Gasteiger partial charge < -0.3 is 25.2 Å². The number of amides is 1. The van der Waals surface area contributed by atoms with E-state index >= 15 is 0 Å². The molecule has 0 bridgehead atoms. The Labute approximate surface area is 191 Å². The zero-order chi connectivity index (χ0) is 22.6. The van der Waals surface area contributed by atoms with E-state index < -0.39 is 6.10 Å². The zero-order valence-corrected chi connectivity index (χ0v) is 19.0. The molecule has 0 saturated carbocycles. The first-order valence-corrected chi connectivity index (χ1v) is 11.7. The predicted octanol–water partition coefficient (Wildman–Crippen LogP) is 3.26. The maximum absolute atomic E-state index is 11.9. The molecule has 2 aromatic carbocycles. The van der Waals surface area contributed by atoms with Gasteiger partial charge in [0.2, 0.25) is 0 Å². The highest BCUT2D eigenvalue weighted by Gasteiger charge is 2.18. The van der Waals surface area contributed by atoms with Crippen molar-refractivity contribution in [3.05, 3.63) is 59.7 Å². The van der Waals surface area contributed by atoms with Gasteiger partial charge in [-0.3, -0.25) is 4.79 Å². The number of carbonyl (C=O) groups is 1. The molecule has 6 nitrogen and oxygen atoms in total. The number of aliphatic hydroxyl groups excluding tert-OH is 1. The Morgan fingerprint density at radius 3 is 2.78 bits per heavy atom. The van der Waals surface area contributed by atoms with E-state index in [1.807, 2.05) is 36.4 Å². The third kappa shape index (κ3) is 8.17. The van der Waals surface area contributed by atoms with Gasteiger partial charge in [0.1, 0.15) is 24.2 Å². The van der Waals surface area contributed by atoms with Crippen LogP contribution in [0.4, 0.5) is 0 Å². The molecule has 0 radical (unpaired) electrons. The highest BCUT2D eigenvalue weighted by atomic mass is 16.5. The van der Waals surface area contributed by atoms with Crippen molar-refractivity contribution >= 4 is 5.91 Å². The highest BCUT2D eigenvalue weighted by Crippen LogP contribution is 2.25. The summed E-state index contributed by atoms with van der Waals surface area (Å²) in [6, 6.07) is 16.0. The number of nitrogens with one attached hydrogen (secondary N) is 2. The van der Waals surface area contributed by atoms with Crippen molar-refractivity contribution in [2.24, 2.45) is 0 Å². The van der Waals surface area contributed by atoms with Gasteiger partial charge >= 0.3 is 0 Å². The van der Waals surface area contributed by atoms with Gasteiger partial charge in [0, 0.05) is 19.1 Å². The van der Waals surface area contributed by atoms with Gasteiger partial charge in [0.15, 0.2) is 6.61 Å². The summed E-state index contributed by atoms with van der Waals surface area (Å²) in [5.41, 5.74) is 2.58. The van der Waals surface area contributed by atoms with E-state index in [1.54, 1.807) is 0 Å². The van der Waals surface area contributed by atoms with E-state index in [-0.39, 0.29) is 25.2 Å². The first-order chi connectivity index (χ1) is 15.6. The molecule has 1 amide bonds. The molecule has 0 spiro atoms. The number of rotatable bonds is 12. The molecule has 0 aliphatic heterocycles. The topological polar surface area (TPSA) is 79.8 Å². The normalized spacial score (nSPS) is 16.5. The number of hydrogen-bond donors (Lipinski definition) is 3. The average Bonchev–Trinajstić information content (AvgIpc) is 3.02. The van der Waals surface area contributed by atoms with Gasteiger partial charge in [-0.05, 0) is 67.5 Å². The second kappa shape index (κ2) is 13.1. The molecule has 2 unspecified atom stereocenters. The standard InChI is InChI=1S/C26H36N2O4/c1-2-3-14-27-26(30)19-32-25-13-12-20-8-7-9-22(15-21(20)16-25)28-17-23(29)18-31-24-10-5-4-6-11-24/h4-6,10-13,16,22-23,28-29H,2-3,7-9,14-15,17-19H2,1H3,(H,27,30). The Balaban J connectivity index is 1.46. The van der Waals surface area contributed by atoms with Gasteiger partial charge in [0.25, 0.3) is 5.91 Å². The van der Waals surface area contributed by atoms with E-state index in [0.29, 0.717) is 13.1 Å². The van der Waals surface area contributed by atoms with E-state index in [9.17, 15) is 9.90 Å². The number of hydrogen-bond acceptors (Lipinski definition) is 5. The second-order valence-electron chi connectivity index (χ2n) is 8.40. The van der Waals surface area contributed by atoms with Crippen LogP contribution in [0.3, 0.4) is 0 Å². The van der Waals surface area contributed by atoms with Crippen LogP contribution in [0.5, 0.6) is 11.5 Å². The number of benzene rings is 2. The number of aliphatic hydroxyl groups is 1. The molecule has 0 aromatic heterocycles. The molecule has 2 aromatic rings. The molecule has 3 N–H and O–H groups in total. The molecule has 1 aliphatic rings.